The fourth-order valence-electron chi connectivity index (χ4n) is 2.96. The summed E-state index contributed by atoms with van der Waals surface area (Å²) in [5.41, 5.74) is -0.00391. The van der Waals surface area contributed by atoms with Crippen LogP contribution in [0, 0.1) is 0 Å². The lowest BCUT2D eigenvalue weighted by Gasteiger charge is -2.13. The molecule has 0 radical (unpaired) electrons. The SMILES string of the molecule is COc1cc(NS(C)(=O)=O)ccc1NC(=O)CCn1c(=O)[nH]c(=O)c2ccccc21. The minimum atomic E-state index is -3.45. The molecule has 0 fully saturated rings. The van der Waals surface area contributed by atoms with Crippen molar-refractivity contribution in [3.8, 4) is 5.75 Å². The number of anilines is 2. The van der Waals surface area contributed by atoms with Crippen LogP contribution in [0.25, 0.3) is 10.9 Å². The van der Waals surface area contributed by atoms with E-state index in [0.717, 1.165) is 6.26 Å². The zero-order valence-electron chi connectivity index (χ0n) is 16.3. The van der Waals surface area contributed by atoms with Crippen LogP contribution in [0.5, 0.6) is 5.75 Å². The molecular weight excluding hydrogens is 412 g/mol. The largest absolute Gasteiger partial charge is 0.494 e. The lowest BCUT2D eigenvalue weighted by Crippen LogP contribution is -2.31. The second-order valence-electron chi connectivity index (χ2n) is 6.52. The fourth-order valence-corrected chi connectivity index (χ4v) is 3.52. The summed E-state index contributed by atoms with van der Waals surface area (Å²) in [5.74, 6) is -0.122. The standard InChI is InChI=1S/C19H20N4O6S/c1-29-16-11-12(22-30(2,27)28)7-8-14(16)20-17(24)9-10-23-15-6-4-3-5-13(15)18(25)21-19(23)26/h3-8,11,22H,9-10H2,1-2H3,(H,20,24)(H,21,25,26). The van der Waals surface area contributed by atoms with E-state index in [2.05, 4.69) is 15.0 Å². The quantitative estimate of drug-likeness (QED) is 0.511. The first-order valence-corrected chi connectivity index (χ1v) is 10.7. The number of sulfonamides is 1. The maximum Gasteiger partial charge on any atom is 0.328 e. The lowest BCUT2D eigenvalue weighted by molar-refractivity contribution is -0.116. The summed E-state index contributed by atoms with van der Waals surface area (Å²) in [4.78, 5) is 38.7. The van der Waals surface area contributed by atoms with Crippen molar-refractivity contribution in [2.24, 2.45) is 0 Å². The Morgan fingerprint density at radius 3 is 2.60 bits per heavy atom. The molecule has 30 heavy (non-hydrogen) atoms. The number of hydrogen-bond donors (Lipinski definition) is 3. The van der Waals surface area contributed by atoms with E-state index in [1.165, 1.54) is 29.9 Å². The topological polar surface area (TPSA) is 139 Å². The molecule has 0 saturated carbocycles. The Hall–Kier alpha value is -3.60. The number of rotatable bonds is 7. The van der Waals surface area contributed by atoms with E-state index in [-0.39, 0.29) is 24.6 Å². The summed E-state index contributed by atoms with van der Waals surface area (Å²) in [6.45, 7) is 0.0536. The van der Waals surface area contributed by atoms with Crippen LogP contribution in [0.4, 0.5) is 11.4 Å². The van der Waals surface area contributed by atoms with Crippen LogP contribution in [0.3, 0.4) is 0 Å². The molecule has 2 aromatic carbocycles. The molecule has 0 spiro atoms. The molecule has 0 unspecified atom stereocenters. The third kappa shape index (κ3) is 4.87. The van der Waals surface area contributed by atoms with Gasteiger partial charge in [0.05, 0.1) is 35.6 Å². The van der Waals surface area contributed by atoms with Gasteiger partial charge in [-0.15, -0.1) is 0 Å². The Labute approximate surface area is 171 Å². The number of methoxy groups -OCH3 is 1. The van der Waals surface area contributed by atoms with Crippen molar-refractivity contribution in [3.63, 3.8) is 0 Å². The van der Waals surface area contributed by atoms with Crippen LogP contribution in [0.1, 0.15) is 6.42 Å². The molecule has 0 aliphatic rings. The molecule has 3 aromatic rings. The van der Waals surface area contributed by atoms with Gasteiger partial charge in [0.1, 0.15) is 5.75 Å². The molecule has 3 rings (SSSR count). The highest BCUT2D eigenvalue weighted by Gasteiger charge is 2.12. The van der Waals surface area contributed by atoms with Crippen molar-refractivity contribution < 1.29 is 17.9 Å². The summed E-state index contributed by atoms with van der Waals surface area (Å²) in [7, 11) is -2.06. The second kappa shape index (κ2) is 8.41. The van der Waals surface area contributed by atoms with Gasteiger partial charge in [-0.1, -0.05) is 12.1 Å². The molecule has 0 atom stereocenters. The summed E-state index contributed by atoms with van der Waals surface area (Å²) >= 11 is 0. The average molecular weight is 432 g/mol. The number of carbonyl (C=O) groups is 1. The molecule has 0 saturated heterocycles. The van der Waals surface area contributed by atoms with E-state index in [9.17, 15) is 22.8 Å². The number of aromatic amines is 1. The number of nitrogens with one attached hydrogen (secondary N) is 3. The number of amides is 1. The van der Waals surface area contributed by atoms with E-state index >= 15 is 0 Å². The molecule has 11 heteroatoms. The third-order valence-corrected chi connectivity index (χ3v) is 4.85. The Bertz CT molecular complexity index is 1330. The number of carbonyl (C=O) groups excluding carboxylic acids is 1. The van der Waals surface area contributed by atoms with E-state index < -0.39 is 21.3 Å². The van der Waals surface area contributed by atoms with Crippen molar-refractivity contribution in [1.82, 2.24) is 9.55 Å². The van der Waals surface area contributed by atoms with Crippen LogP contribution in [-0.2, 0) is 21.4 Å². The fraction of sp³-hybridized carbons (Fsp3) is 0.211. The van der Waals surface area contributed by atoms with Crippen molar-refractivity contribution in [2.75, 3.05) is 23.4 Å². The van der Waals surface area contributed by atoms with Gasteiger partial charge in [-0.25, -0.2) is 13.2 Å². The van der Waals surface area contributed by atoms with Crippen LogP contribution in [0.15, 0.2) is 52.1 Å². The van der Waals surface area contributed by atoms with Gasteiger partial charge in [0.25, 0.3) is 5.56 Å². The molecule has 1 heterocycles. The lowest BCUT2D eigenvalue weighted by atomic mass is 10.2. The summed E-state index contributed by atoms with van der Waals surface area (Å²) in [6.07, 6.45) is 0.986. The molecule has 0 bridgehead atoms. The van der Waals surface area contributed by atoms with E-state index in [4.69, 9.17) is 4.74 Å². The van der Waals surface area contributed by atoms with E-state index in [1.807, 2.05) is 0 Å². The third-order valence-electron chi connectivity index (χ3n) is 4.25. The zero-order chi connectivity index (χ0) is 21.9. The number of benzene rings is 2. The highest BCUT2D eigenvalue weighted by atomic mass is 32.2. The van der Waals surface area contributed by atoms with Gasteiger partial charge in [-0.2, -0.15) is 0 Å². The van der Waals surface area contributed by atoms with Gasteiger partial charge in [0.15, 0.2) is 0 Å². The second-order valence-corrected chi connectivity index (χ2v) is 8.26. The molecule has 3 N–H and O–H groups in total. The first kappa shape index (κ1) is 21.1. The zero-order valence-corrected chi connectivity index (χ0v) is 17.1. The Balaban J connectivity index is 1.77. The minimum Gasteiger partial charge on any atom is -0.494 e. The van der Waals surface area contributed by atoms with Crippen LogP contribution >= 0.6 is 0 Å². The van der Waals surface area contributed by atoms with E-state index in [1.54, 1.807) is 24.3 Å². The minimum absolute atomic E-state index is 0.0392. The number of aryl methyl sites for hydroxylation is 1. The summed E-state index contributed by atoms with van der Waals surface area (Å²) in [6, 6.07) is 11.1. The average Bonchev–Trinajstić information content (AvgIpc) is 2.67. The highest BCUT2D eigenvalue weighted by molar-refractivity contribution is 7.92. The van der Waals surface area contributed by atoms with Crippen molar-refractivity contribution in [1.29, 1.82) is 0 Å². The van der Waals surface area contributed by atoms with Gasteiger partial charge in [0.2, 0.25) is 15.9 Å². The Morgan fingerprint density at radius 1 is 1.17 bits per heavy atom. The summed E-state index contributed by atoms with van der Waals surface area (Å²) in [5, 5.41) is 3.03. The number of nitrogens with zero attached hydrogens (tertiary/aromatic N) is 1. The van der Waals surface area contributed by atoms with Crippen LogP contribution in [-0.4, -0.2) is 37.2 Å². The predicted octanol–water partition coefficient (Wildman–Crippen LogP) is 1.10. The molecular formula is C19H20N4O6S. The predicted molar refractivity (Wildman–Crippen MR) is 114 cm³/mol. The van der Waals surface area contributed by atoms with Gasteiger partial charge in [0, 0.05) is 19.0 Å². The number of H-pyrrole nitrogens is 1. The van der Waals surface area contributed by atoms with Crippen LogP contribution < -0.4 is 26.0 Å². The van der Waals surface area contributed by atoms with Gasteiger partial charge in [-0.05, 0) is 24.3 Å². The normalized spacial score (nSPS) is 11.3. The van der Waals surface area contributed by atoms with Gasteiger partial charge in [-0.3, -0.25) is 23.9 Å². The monoisotopic (exact) mass is 432 g/mol. The molecule has 1 aromatic heterocycles. The molecule has 1 amide bonds. The first-order valence-electron chi connectivity index (χ1n) is 8.85. The first-order chi connectivity index (χ1) is 14.2. The van der Waals surface area contributed by atoms with Crippen molar-refractivity contribution in [2.45, 2.75) is 13.0 Å². The smallest absolute Gasteiger partial charge is 0.328 e. The van der Waals surface area contributed by atoms with Crippen LogP contribution in [0.2, 0.25) is 0 Å². The molecule has 10 nitrogen and oxygen atoms in total. The number of fused-ring (bicyclic) bond motifs is 1. The number of ether oxygens (including phenoxy) is 1. The van der Waals surface area contributed by atoms with E-state index in [0.29, 0.717) is 22.3 Å². The highest BCUT2D eigenvalue weighted by Crippen LogP contribution is 2.28. The summed E-state index contributed by atoms with van der Waals surface area (Å²) < 4.78 is 31.6. The maximum absolute atomic E-state index is 12.4. The Kier molecular flexibility index (Phi) is 5.92. The maximum atomic E-state index is 12.4. The van der Waals surface area contributed by atoms with Crippen molar-refractivity contribution >= 4 is 38.2 Å². The van der Waals surface area contributed by atoms with Gasteiger partial charge < -0.3 is 10.1 Å². The van der Waals surface area contributed by atoms with Gasteiger partial charge >= 0.3 is 5.69 Å². The number of aromatic nitrogens is 2. The molecule has 158 valence electrons. The number of hydrogen-bond acceptors (Lipinski definition) is 6. The van der Waals surface area contributed by atoms with Crippen molar-refractivity contribution in [3.05, 3.63) is 63.3 Å². The molecule has 0 aliphatic heterocycles. The Morgan fingerprint density at radius 2 is 1.90 bits per heavy atom. The molecule has 0 aliphatic carbocycles. The number of para-hydroxylation sites is 1.